The second-order valence-electron chi connectivity index (χ2n) is 8.70. The molecule has 1 saturated heterocycles. The second-order valence-corrected chi connectivity index (χ2v) is 8.70. The summed E-state index contributed by atoms with van der Waals surface area (Å²) in [6.45, 7) is 14.1. The lowest BCUT2D eigenvalue weighted by molar-refractivity contribution is 0.307. The van der Waals surface area contributed by atoms with Crippen LogP contribution in [0.5, 0.6) is 0 Å². The first-order valence-electron chi connectivity index (χ1n) is 11.2. The largest absolute Gasteiger partial charge is 0.317 e. The highest BCUT2D eigenvalue weighted by atomic mass is 15.0. The first kappa shape index (κ1) is 22.9. The standard InChI is InChI=1S/C22H47N3/c1-7-17(3)11-9-12-20(19(5)23-6)13-10-14-24-22(8-2)21-15-18(4)25-16-21/h17-25H,7-16H2,1-6H3. The third kappa shape index (κ3) is 8.88. The van der Waals surface area contributed by atoms with Crippen LogP contribution in [0.4, 0.5) is 0 Å². The summed E-state index contributed by atoms with van der Waals surface area (Å²) in [5.41, 5.74) is 0. The molecule has 3 heteroatoms. The molecule has 0 aliphatic carbocycles. The van der Waals surface area contributed by atoms with E-state index in [0.29, 0.717) is 18.1 Å². The van der Waals surface area contributed by atoms with Gasteiger partial charge in [-0.3, -0.25) is 0 Å². The molecule has 0 bridgehead atoms. The molecule has 0 amide bonds. The summed E-state index contributed by atoms with van der Waals surface area (Å²) in [6.07, 6.45) is 10.7. The highest BCUT2D eigenvalue weighted by Crippen LogP contribution is 2.22. The Labute approximate surface area is 158 Å². The van der Waals surface area contributed by atoms with Gasteiger partial charge in [-0.05, 0) is 83.8 Å². The van der Waals surface area contributed by atoms with Crippen LogP contribution in [-0.2, 0) is 0 Å². The van der Waals surface area contributed by atoms with Crippen molar-refractivity contribution < 1.29 is 0 Å². The van der Waals surface area contributed by atoms with Crippen LogP contribution in [0.3, 0.4) is 0 Å². The maximum absolute atomic E-state index is 3.87. The quantitative estimate of drug-likeness (QED) is 0.400. The zero-order valence-corrected chi connectivity index (χ0v) is 18.0. The Kier molecular flexibility index (Phi) is 12.0. The molecule has 1 rings (SSSR count). The van der Waals surface area contributed by atoms with Crippen LogP contribution in [0.2, 0.25) is 0 Å². The van der Waals surface area contributed by atoms with Gasteiger partial charge >= 0.3 is 0 Å². The zero-order chi connectivity index (χ0) is 18.7. The molecule has 25 heavy (non-hydrogen) atoms. The van der Waals surface area contributed by atoms with Gasteiger partial charge in [0.25, 0.3) is 0 Å². The number of nitrogens with one attached hydrogen (secondary N) is 3. The maximum atomic E-state index is 3.87. The summed E-state index contributed by atoms with van der Waals surface area (Å²) in [6, 6.07) is 2.04. The molecule has 3 N–H and O–H groups in total. The third-order valence-electron chi connectivity index (χ3n) is 6.68. The highest BCUT2D eigenvalue weighted by molar-refractivity contribution is 4.86. The van der Waals surface area contributed by atoms with Crippen LogP contribution in [0, 0.1) is 17.8 Å². The van der Waals surface area contributed by atoms with E-state index >= 15 is 0 Å². The van der Waals surface area contributed by atoms with Crippen molar-refractivity contribution >= 4 is 0 Å². The fourth-order valence-corrected chi connectivity index (χ4v) is 4.39. The van der Waals surface area contributed by atoms with Crippen LogP contribution in [-0.4, -0.2) is 38.3 Å². The van der Waals surface area contributed by atoms with Crippen molar-refractivity contribution in [2.45, 2.75) is 104 Å². The van der Waals surface area contributed by atoms with Crippen molar-refractivity contribution in [2.75, 3.05) is 20.1 Å². The Morgan fingerprint density at radius 3 is 2.32 bits per heavy atom. The molecule has 1 aliphatic rings. The Morgan fingerprint density at radius 2 is 1.76 bits per heavy atom. The molecule has 6 atom stereocenters. The van der Waals surface area contributed by atoms with Gasteiger partial charge in [-0.1, -0.05) is 40.0 Å². The van der Waals surface area contributed by atoms with Crippen LogP contribution in [0.1, 0.15) is 86.0 Å². The molecule has 0 spiro atoms. The van der Waals surface area contributed by atoms with E-state index in [0.717, 1.165) is 17.8 Å². The van der Waals surface area contributed by atoms with Crippen LogP contribution in [0.15, 0.2) is 0 Å². The van der Waals surface area contributed by atoms with Gasteiger partial charge in [-0.15, -0.1) is 0 Å². The fraction of sp³-hybridized carbons (Fsp3) is 1.00. The zero-order valence-electron chi connectivity index (χ0n) is 18.0. The maximum Gasteiger partial charge on any atom is 0.0105 e. The molecular weight excluding hydrogens is 306 g/mol. The lowest BCUT2D eigenvalue weighted by atomic mass is 9.88. The molecule has 1 heterocycles. The van der Waals surface area contributed by atoms with E-state index in [9.17, 15) is 0 Å². The predicted molar refractivity (Wildman–Crippen MR) is 112 cm³/mol. The van der Waals surface area contributed by atoms with Crippen LogP contribution in [0.25, 0.3) is 0 Å². The van der Waals surface area contributed by atoms with Gasteiger partial charge in [0.1, 0.15) is 0 Å². The van der Waals surface area contributed by atoms with Crippen molar-refractivity contribution in [2.24, 2.45) is 17.8 Å². The summed E-state index contributed by atoms with van der Waals surface area (Å²) in [4.78, 5) is 0. The molecule has 0 radical (unpaired) electrons. The van der Waals surface area contributed by atoms with Gasteiger partial charge in [0.15, 0.2) is 0 Å². The van der Waals surface area contributed by atoms with Gasteiger partial charge in [0.2, 0.25) is 0 Å². The normalized spacial score (nSPS) is 25.7. The molecule has 0 aromatic rings. The van der Waals surface area contributed by atoms with Crippen molar-refractivity contribution in [3.05, 3.63) is 0 Å². The summed E-state index contributed by atoms with van der Waals surface area (Å²) >= 11 is 0. The topological polar surface area (TPSA) is 36.1 Å². The fourth-order valence-electron chi connectivity index (χ4n) is 4.39. The Bertz CT molecular complexity index is 320. The van der Waals surface area contributed by atoms with Crippen LogP contribution >= 0.6 is 0 Å². The summed E-state index contributed by atoms with van der Waals surface area (Å²) < 4.78 is 0. The summed E-state index contributed by atoms with van der Waals surface area (Å²) in [5.74, 6) is 2.53. The molecular formula is C22H47N3. The average Bonchev–Trinajstić information content (AvgIpc) is 3.05. The predicted octanol–water partition coefficient (Wildman–Crippen LogP) is 4.57. The summed E-state index contributed by atoms with van der Waals surface area (Å²) in [7, 11) is 2.12. The van der Waals surface area contributed by atoms with E-state index in [1.807, 2.05) is 0 Å². The minimum atomic E-state index is 0.638. The lowest BCUT2D eigenvalue weighted by Gasteiger charge is -2.26. The Morgan fingerprint density at radius 1 is 1.04 bits per heavy atom. The van der Waals surface area contributed by atoms with Gasteiger partial charge in [-0.25, -0.2) is 0 Å². The number of hydrogen-bond donors (Lipinski definition) is 3. The monoisotopic (exact) mass is 353 g/mol. The van der Waals surface area contributed by atoms with Gasteiger partial charge in [-0.2, -0.15) is 0 Å². The highest BCUT2D eigenvalue weighted by Gasteiger charge is 2.27. The Balaban J connectivity index is 2.27. The minimum absolute atomic E-state index is 0.638. The van der Waals surface area contributed by atoms with E-state index < -0.39 is 0 Å². The van der Waals surface area contributed by atoms with E-state index in [2.05, 4.69) is 57.6 Å². The second kappa shape index (κ2) is 13.1. The van der Waals surface area contributed by atoms with Crippen molar-refractivity contribution in [1.29, 1.82) is 0 Å². The average molecular weight is 354 g/mol. The number of rotatable bonds is 14. The van der Waals surface area contributed by atoms with E-state index in [1.54, 1.807) is 0 Å². The third-order valence-corrected chi connectivity index (χ3v) is 6.68. The molecule has 150 valence electrons. The lowest BCUT2D eigenvalue weighted by Crippen LogP contribution is -2.38. The first-order chi connectivity index (χ1) is 12.0. The van der Waals surface area contributed by atoms with E-state index in [1.165, 1.54) is 64.5 Å². The van der Waals surface area contributed by atoms with Crippen molar-refractivity contribution in [1.82, 2.24) is 16.0 Å². The van der Waals surface area contributed by atoms with Crippen LogP contribution < -0.4 is 16.0 Å². The number of hydrogen-bond acceptors (Lipinski definition) is 3. The first-order valence-corrected chi connectivity index (χ1v) is 11.2. The molecule has 0 saturated carbocycles. The van der Waals surface area contributed by atoms with Gasteiger partial charge in [0.05, 0.1) is 0 Å². The van der Waals surface area contributed by atoms with Crippen molar-refractivity contribution in [3.8, 4) is 0 Å². The van der Waals surface area contributed by atoms with Gasteiger partial charge in [0, 0.05) is 18.1 Å². The van der Waals surface area contributed by atoms with Gasteiger partial charge < -0.3 is 16.0 Å². The molecule has 0 aromatic heterocycles. The molecule has 1 fully saturated rings. The molecule has 6 unspecified atom stereocenters. The molecule has 1 aliphatic heterocycles. The SMILES string of the molecule is CCC(C)CCCC(CCCNC(CC)C1CNC(C)C1)C(C)NC. The molecule has 3 nitrogen and oxygen atoms in total. The van der Waals surface area contributed by atoms with E-state index in [4.69, 9.17) is 0 Å². The minimum Gasteiger partial charge on any atom is -0.317 e. The van der Waals surface area contributed by atoms with E-state index in [-0.39, 0.29) is 0 Å². The molecule has 0 aromatic carbocycles. The smallest absolute Gasteiger partial charge is 0.0105 e. The Hall–Kier alpha value is -0.120. The van der Waals surface area contributed by atoms with Crippen molar-refractivity contribution in [3.63, 3.8) is 0 Å². The summed E-state index contributed by atoms with van der Waals surface area (Å²) in [5, 5.41) is 11.0.